The molecule has 3 N–H and O–H groups in total. The van der Waals surface area contributed by atoms with Crippen molar-refractivity contribution in [3.63, 3.8) is 0 Å². The van der Waals surface area contributed by atoms with E-state index in [1.807, 2.05) is 10.9 Å². The van der Waals surface area contributed by atoms with Gasteiger partial charge in [-0.3, -0.25) is 14.1 Å². The average molecular weight is 572 g/mol. The van der Waals surface area contributed by atoms with Crippen molar-refractivity contribution >= 4 is 32.4 Å². The predicted molar refractivity (Wildman–Crippen MR) is 145 cm³/mol. The molecule has 10 nitrogen and oxygen atoms in total. The highest BCUT2D eigenvalue weighted by Gasteiger charge is 2.27. The zero-order valence-corrected chi connectivity index (χ0v) is 22.3. The van der Waals surface area contributed by atoms with Gasteiger partial charge in [0.05, 0.1) is 22.8 Å². The number of benzene rings is 2. The first-order valence-electron chi connectivity index (χ1n) is 11.9. The highest BCUT2D eigenvalue weighted by Crippen LogP contribution is 2.40. The first-order chi connectivity index (χ1) is 18.9. The van der Waals surface area contributed by atoms with E-state index in [4.69, 9.17) is 10.5 Å². The molecule has 0 saturated heterocycles. The summed E-state index contributed by atoms with van der Waals surface area (Å²) >= 11 is 0. The van der Waals surface area contributed by atoms with E-state index in [0.29, 0.717) is 27.7 Å². The Morgan fingerprint density at radius 1 is 1.05 bits per heavy atom. The molecule has 2 aromatic carbocycles. The number of rotatable bonds is 8. The smallest absolute Gasteiger partial charge is 0.355 e. The molecule has 0 aliphatic heterocycles. The van der Waals surface area contributed by atoms with E-state index in [0.717, 1.165) is 11.1 Å². The Morgan fingerprint density at radius 3 is 2.42 bits per heavy atom. The van der Waals surface area contributed by atoms with Gasteiger partial charge in [0.15, 0.2) is 0 Å². The summed E-state index contributed by atoms with van der Waals surface area (Å²) in [4.78, 5) is 4.35. The summed E-state index contributed by atoms with van der Waals surface area (Å²) in [6.45, 7) is 1.66. The maximum Gasteiger partial charge on any atom is 0.355 e. The summed E-state index contributed by atoms with van der Waals surface area (Å²) in [5.74, 6) is -3.95. The fraction of sp³-hybridized carbons (Fsp3) is 0.192. The Kier molecular flexibility index (Phi) is 6.87. The number of fused-ring (bicyclic) bond motifs is 1. The van der Waals surface area contributed by atoms with Gasteiger partial charge in [0, 0.05) is 43.2 Å². The van der Waals surface area contributed by atoms with Gasteiger partial charge < -0.3 is 10.5 Å². The van der Waals surface area contributed by atoms with Gasteiger partial charge in [-0.1, -0.05) is 18.2 Å². The number of nitrogen functional groups attached to an aromatic ring is 1. The molecule has 5 aromatic rings. The second kappa shape index (κ2) is 10.2. The van der Waals surface area contributed by atoms with Crippen LogP contribution in [-0.4, -0.2) is 38.7 Å². The van der Waals surface area contributed by atoms with Crippen LogP contribution in [0.25, 0.3) is 33.3 Å². The van der Waals surface area contributed by atoms with Crippen LogP contribution in [0.3, 0.4) is 0 Å². The lowest BCUT2D eigenvalue weighted by Crippen LogP contribution is -2.21. The molecule has 0 saturated carbocycles. The van der Waals surface area contributed by atoms with E-state index < -0.39 is 27.7 Å². The van der Waals surface area contributed by atoms with Crippen LogP contribution in [0.4, 0.5) is 24.7 Å². The number of anilines is 2. The third kappa shape index (κ3) is 5.04. The minimum atomic E-state index is -5.00. The molecule has 14 heteroatoms. The molecule has 0 fully saturated rings. The molecule has 0 radical (unpaired) electrons. The largest absolute Gasteiger partial charge is 0.484 e. The molecule has 3 aromatic heterocycles. The van der Waals surface area contributed by atoms with E-state index in [9.17, 15) is 21.6 Å². The van der Waals surface area contributed by atoms with Gasteiger partial charge in [-0.2, -0.15) is 19.0 Å². The van der Waals surface area contributed by atoms with E-state index in [1.54, 1.807) is 42.8 Å². The Morgan fingerprint density at radius 2 is 1.77 bits per heavy atom. The number of hydrogen-bond acceptors (Lipinski definition) is 7. The number of nitrogens with one attached hydrogen (secondary N) is 1. The van der Waals surface area contributed by atoms with Crippen molar-refractivity contribution in [3.8, 4) is 28.1 Å². The third-order valence-corrected chi connectivity index (χ3v) is 7.27. The Labute approximate surface area is 227 Å². The van der Waals surface area contributed by atoms with Crippen molar-refractivity contribution in [2.45, 2.75) is 18.8 Å². The van der Waals surface area contributed by atoms with Crippen LogP contribution in [0.15, 0.2) is 61.1 Å². The predicted octanol–water partition coefficient (Wildman–Crippen LogP) is 4.86. The lowest BCUT2D eigenvalue weighted by molar-refractivity contribution is 0.228. The van der Waals surface area contributed by atoms with Gasteiger partial charge in [0.2, 0.25) is 0 Å². The lowest BCUT2D eigenvalue weighted by atomic mass is 10.0. The summed E-state index contributed by atoms with van der Waals surface area (Å²) < 4.78 is 74.9. The van der Waals surface area contributed by atoms with Gasteiger partial charge in [-0.15, -0.1) is 0 Å². The molecule has 0 amide bonds. The Hall–Kier alpha value is -4.59. The zero-order valence-electron chi connectivity index (χ0n) is 21.5. The molecule has 1 atom stereocenters. The first-order valence-corrected chi connectivity index (χ1v) is 13.5. The molecular formula is C26H24F3N7O3S. The van der Waals surface area contributed by atoms with Crippen LogP contribution in [0.1, 0.15) is 18.6 Å². The number of hydrogen-bond donors (Lipinski definition) is 2. The second-order valence-corrected chi connectivity index (χ2v) is 10.7. The summed E-state index contributed by atoms with van der Waals surface area (Å²) in [6, 6.07) is 9.80. The Balaban J connectivity index is 1.64. The number of nitrogens with zero attached hydrogens (tertiary/aromatic N) is 5. The second-order valence-electron chi connectivity index (χ2n) is 9.09. The fourth-order valence-electron chi connectivity index (χ4n) is 4.35. The van der Waals surface area contributed by atoms with Crippen LogP contribution in [0.2, 0.25) is 0 Å². The summed E-state index contributed by atoms with van der Waals surface area (Å²) in [5.41, 5.74) is 9.75. The number of sulfonamides is 1. The molecule has 3 heterocycles. The number of halogens is 3. The summed E-state index contributed by atoms with van der Waals surface area (Å²) in [6.07, 6.45) is 4.44. The van der Waals surface area contributed by atoms with Crippen molar-refractivity contribution in [1.82, 2.24) is 24.5 Å². The number of ether oxygens (including phenoxy) is 1. The topological polar surface area (TPSA) is 130 Å². The molecule has 208 valence electrons. The van der Waals surface area contributed by atoms with Gasteiger partial charge in [-0.25, -0.2) is 17.8 Å². The number of aromatic nitrogens is 5. The number of nitrogens with two attached hydrogens (primary N) is 1. The first kappa shape index (κ1) is 27.0. The van der Waals surface area contributed by atoms with E-state index in [1.165, 1.54) is 42.5 Å². The monoisotopic (exact) mass is 571 g/mol. The summed E-state index contributed by atoms with van der Waals surface area (Å²) in [7, 11) is -1.47. The van der Waals surface area contributed by atoms with Crippen LogP contribution in [0.5, 0.6) is 5.75 Å². The molecule has 0 unspecified atom stereocenters. The minimum absolute atomic E-state index is 0.0488. The van der Waals surface area contributed by atoms with Crippen LogP contribution < -0.4 is 15.2 Å². The highest BCUT2D eigenvalue weighted by atomic mass is 32.2. The lowest BCUT2D eigenvalue weighted by Gasteiger charge is -2.19. The fourth-order valence-corrected chi connectivity index (χ4v) is 4.91. The maximum absolute atomic E-state index is 13.4. The molecule has 0 aliphatic rings. The van der Waals surface area contributed by atoms with Crippen LogP contribution in [-0.2, 0) is 24.1 Å². The van der Waals surface area contributed by atoms with E-state index in [-0.39, 0.29) is 17.3 Å². The van der Waals surface area contributed by atoms with Crippen molar-refractivity contribution in [2.75, 3.05) is 10.5 Å². The molecule has 5 rings (SSSR count). The number of aryl methyl sites for hydroxylation is 2. The van der Waals surface area contributed by atoms with Crippen LogP contribution >= 0.6 is 0 Å². The van der Waals surface area contributed by atoms with Crippen molar-refractivity contribution in [2.24, 2.45) is 14.1 Å². The van der Waals surface area contributed by atoms with Crippen molar-refractivity contribution < 1.29 is 26.3 Å². The molecule has 0 spiro atoms. The van der Waals surface area contributed by atoms with Gasteiger partial charge in [0.25, 0.3) is 10.0 Å². The Bertz CT molecular complexity index is 1820. The highest BCUT2D eigenvalue weighted by molar-refractivity contribution is 7.93. The third-order valence-electron chi connectivity index (χ3n) is 6.29. The number of pyridine rings is 1. The van der Waals surface area contributed by atoms with Gasteiger partial charge in [-0.05, 0) is 36.8 Å². The maximum atomic E-state index is 13.4. The minimum Gasteiger partial charge on any atom is -0.484 e. The average Bonchev–Trinajstić information content (AvgIpc) is 3.49. The van der Waals surface area contributed by atoms with Crippen LogP contribution in [0, 0.1) is 5.82 Å². The van der Waals surface area contributed by atoms with E-state index >= 15 is 0 Å². The van der Waals surface area contributed by atoms with Crippen molar-refractivity contribution in [1.29, 1.82) is 0 Å². The van der Waals surface area contributed by atoms with Gasteiger partial charge in [0.1, 0.15) is 29.2 Å². The normalized spacial score (nSPS) is 12.7. The van der Waals surface area contributed by atoms with E-state index in [2.05, 4.69) is 15.2 Å². The standard InChI is InChI=1S/C26H24F3N7O3S/c1-14(15-4-7-18(27)8-5-15)39-21-10-16(6-9-20(21)34-40(37,38)26(28)29)23-22-24(36(3)33-23)19(12-31-25(22)30)17-11-32-35(2)13-17/h4-14,26,34H,1-3H3,(H2,30,31)/t14-/m0/s1. The molecular weight excluding hydrogens is 547 g/mol. The molecule has 0 aliphatic carbocycles. The SMILES string of the molecule is C[C@H](Oc1cc(-c2nn(C)c3c(-c4cnn(C)c4)cnc(N)c23)ccc1NS(=O)(=O)C(F)F)c1ccc(F)cc1. The quantitative estimate of drug-likeness (QED) is 0.272. The number of alkyl halides is 2. The van der Waals surface area contributed by atoms with Gasteiger partial charge >= 0.3 is 5.76 Å². The van der Waals surface area contributed by atoms with Crippen molar-refractivity contribution in [3.05, 3.63) is 72.4 Å². The summed E-state index contributed by atoms with van der Waals surface area (Å²) in [5, 5.41) is 9.40. The molecule has 40 heavy (non-hydrogen) atoms. The zero-order chi connectivity index (χ0) is 28.8. The molecule has 0 bridgehead atoms.